The number of nitrogens with zero attached hydrogens (tertiary/aromatic N) is 3. The molecule has 1 N–H and O–H groups in total. The molecule has 0 fully saturated rings. The number of aryl methyl sites for hydroxylation is 1. The summed E-state index contributed by atoms with van der Waals surface area (Å²) in [5, 5.41) is 21.2. The highest BCUT2D eigenvalue weighted by Gasteiger charge is 2.32. The third-order valence-electron chi connectivity index (χ3n) is 6.87. The standard InChI is InChI=1S/C33H36FN3O3S/c1-7-9-11-23(5)37(30(8-2)27-13-10-12-25(20-27)21-35)33(38)32(22(3)4)41(39,40)28-16-14-26(15-17-28)29-18-19-31(34)36-24(29)6/h10,12-20,30,38H,3,5,7-9,11H2,1-2,4,6H3/b33-32-/t30-/m0/s1. The molecule has 0 spiro atoms. The highest BCUT2D eigenvalue weighted by molar-refractivity contribution is 7.95. The number of hydrogen-bond donors (Lipinski definition) is 1. The molecule has 0 saturated carbocycles. The fourth-order valence-corrected chi connectivity index (χ4v) is 6.35. The number of halogens is 1. The molecule has 3 rings (SSSR count). The smallest absolute Gasteiger partial charge is 0.213 e. The molecule has 0 aliphatic heterocycles. The predicted molar refractivity (Wildman–Crippen MR) is 161 cm³/mol. The van der Waals surface area contributed by atoms with Crippen LogP contribution in [-0.2, 0) is 9.84 Å². The van der Waals surface area contributed by atoms with Gasteiger partial charge in [0.2, 0.25) is 21.7 Å². The number of rotatable bonds is 12. The first-order valence-electron chi connectivity index (χ1n) is 13.5. The van der Waals surface area contributed by atoms with Crippen molar-refractivity contribution < 1.29 is 17.9 Å². The van der Waals surface area contributed by atoms with Crippen LogP contribution in [0, 0.1) is 24.2 Å². The molecular weight excluding hydrogens is 537 g/mol. The first-order chi connectivity index (χ1) is 19.5. The molecule has 2 aromatic carbocycles. The maximum absolute atomic E-state index is 14.0. The largest absolute Gasteiger partial charge is 0.493 e. The molecule has 0 saturated heterocycles. The molecule has 41 heavy (non-hydrogen) atoms. The van der Waals surface area contributed by atoms with E-state index in [1.165, 1.54) is 25.1 Å². The van der Waals surface area contributed by atoms with Crippen LogP contribution in [0.15, 0.2) is 101 Å². The van der Waals surface area contributed by atoms with Gasteiger partial charge in [-0.05, 0) is 86.2 Å². The maximum Gasteiger partial charge on any atom is 0.213 e. The summed E-state index contributed by atoms with van der Waals surface area (Å²) < 4.78 is 41.5. The number of allylic oxidation sites excluding steroid dienone is 2. The van der Waals surface area contributed by atoms with Gasteiger partial charge in [0, 0.05) is 17.0 Å². The molecule has 0 aliphatic rings. The minimum atomic E-state index is -4.23. The van der Waals surface area contributed by atoms with Crippen molar-refractivity contribution in [2.75, 3.05) is 0 Å². The van der Waals surface area contributed by atoms with Crippen LogP contribution >= 0.6 is 0 Å². The summed E-state index contributed by atoms with van der Waals surface area (Å²) in [6.45, 7) is 15.3. The number of sulfone groups is 1. The fourth-order valence-electron chi connectivity index (χ4n) is 4.82. The third-order valence-corrected chi connectivity index (χ3v) is 8.83. The Morgan fingerprint density at radius 2 is 1.80 bits per heavy atom. The van der Waals surface area contributed by atoms with Gasteiger partial charge in [0.15, 0.2) is 0 Å². The Hall–Kier alpha value is -4.22. The van der Waals surface area contributed by atoms with Gasteiger partial charge in [-0.15, -0.1) is 0 Å². The third kappa shape index (κ3) is 6.93. The van der Waals surface area contributed by atoms with Crippen LogP contribution in [-0.4, -0.2) is 23.4 Å². The zero-order chi connectivity index (χ0) is 30.3. The highest BCUT2D eigenvalue weighted by Crippen LogP contribution is 2.37. The van der Waals surface area contributed by atoms with Crippen molar-refractivity contribution in [2.24, 2.45) is 0 Å². The van der Waals surface area contributed by atoms with Crippen molar-refractivity contribution in [1.82, 2.24) is 9.88 Å². The van der Waals surface area contributed by atoms with E-state index in [0.717, 1.165) is 18.4 Å². The number of pyridine rings is 1. The van der Waals surface area contributed by atoms with Crippen molar-refractivity contribution in [1.29, 1.82) is 5.26 Å². The zero-order valence-electron chi connectivity index (χ0n) is 24.0. The summed E-state index contributed by atoms with van der Waals surface area (Å²) in [5.41, 5.74) is 3.77. The Labute approximate surface area is 242 Å². The Kier molecular flexibility index (Phi) is 10.3. The molecule has 1 atom stereocenters. The number of nitriles is 1. The van der Waals surface area contributed by atoms with E-state index in [2.05, 4.69) is 24.2 Å². The lowest BCUT2D eigenvalue weighted by Gasteiger charge is -2.35. The number of aliphatic hydroxyl groups is 1. The van der Waals surface area contributed by atoms with Gasteiger partial charge in [0.25, 0.3) is 0 Å². The predicted octanol–water partition coefficient (Wildman–Crippen LogP) is 8.30. The quantitative estimate of drug-likeness (QED) is 0.133. The Bertz CT molecular complexity index is 1620. The van der Waals surface area contributed by atoms with Crippen LogP contribution in [0.2, 0.25) is 0 Å². The lowest BCUT2D eigenvalue weighted by molar-refractivity contribution is 0.180. The average Bonchev–Trinajstić information content (AvgIpc) is 2.94. The number of hydrogen-bond acceptors (Lipinski definition) is 6. The van der Waals surface area contributed by atoms with E-state index in [-0.39, 0.29) is 15.4 Å². The van der Waals surface area contributed by atoms with Gasteiger partial charge in [-0.25, -0.2) is 13.4 Å². The summed E-state index contributed by atoms with van der Waals surface area (Å²) in [7, 11) is -4.23. The van der Waals surface area contributed by atoms with Gasteiger partial charge in [0.1, 0.15) is 4.91 Å². The molecule has 0 bridgehead atoms. The summed E-state index contributed by atoms with van der Waals surface area (Å²) in [6, 6.07) is 17.7. The van der Waals surface area contributed by atoms with Gasteiger partial charge < -0.3 is 10.0 Å². The van der Waals surface area contributed by atoms with E-state index in [1.807, 2.05) is 19.9 Å². The molecule has 0 amide bonds. The topological polar surface area (TPSA) is 94.3 Å². The number of unbranched alkanes of at least 4 members (excludes halogenated alkanes) is 1. The second-order valence-electron chi connectivity index (χ2n) is 9.93. The van der Waals surface area contributed by atoms with E-state index in [9.17, 15) is 23.2 Å². The Balaban J connectivity index is 2.17. The van der Waals surface area contributed by atoms with Crippen LogP contribution in [0.5, 0.6) is 0 Å². The first-order valence-corrected chi connectivity index (χ1v) is 15.0. The van der Waals surface area contributed by atoms with Gasteiger partial charge in [-0.3, -0.25) is 0 Å². The summed E-state index contributed by atoms with van der Waals surface area (Å²) in [6.07, 6.45) is 2.73. The lowest BCUT2D eigenvalue weighted by Crippen LogP contribution is -2.30. The molecule has 8 heteroatoms. The van der Waals surface area contributed by atoms with Crippen LogP contribution < -0.4 is 0 Å². The van der Waals surface area contributed by atoms with Crippen molar-refractivity contribution in [3.63, 3.8) is 0 Å². The molecule has 0 radical (unpaired) electrons. The molecule has 0 aliphatic carbocycles. The van der Waals surface area contributed by atoms with Gasteiger partial charge in [0.05, 0.1) is 22.6 Å². The average molecular weight is 574 g/mol. The minimum Gasteiger partial charge on any atom is -0.493 e. The van der Waals surface area contributed by atoms with Gasteiger partial charge in [-0.2, -0.15) is 9.65 Å². The van der Waals surface area contributed by atoms with Crippen LogP contribution in [0.1, 0.15) is 69.3 Å². The van der Waals surface area contributed by atoms with Gasteiger partial charge >= 0.3 is 0 Å². The van der Waals surface area contributed by atoms with E-state index in [1.54, 1.807) is 48.2 Å². The van der Waals surface area contributed by atoms with Crippen LogP contribution in [0.4, 0.5) is 4.39 Å². The number of aromatic nitrogens is 1. The summed E-state index contributed by atoms with van der Waals surface area (Å²) >= 11 is 0. The maximum atomic E-state index is 14.0. The van der Waals surface area contributed by atoms with E-state index < -0.39 is 27.7 Å². The molecule has 0 unspecified atom stereocenters. The second kappa shape index (κ2) is 13.4. The SMILES string of the molecule is C=C(C)/C(=C(/O)N(C(=C)CCCC)[C@@H](CC)c1cccc(C#N)c1)S(=O)(=O)c1ccc(-c2ccc(F)nc2C)cc1. The normalized spacial score (nSPS) is 12.7. The van der Waals surface area contributed by atoms with Crippen LogP contribution in [0.25, 0.3) is 11.1 Å². The Morgan fingerprint density at radius 3 is 2.37 bits per heavy atom. The highest BCUT2D eigenvalue weighted by atomic mass is 32.2. The molecule has 6 nitrogen and oxygen atoms in total. The van der Waals surface area contributed by atoms with Crippen molar-refractivity contribution in [2.45, 2.75) is 64.3 Å². The molecule has 3 aromatic rings. The number of aliphatic hydroxyl groups excluding tert-OH is 1. The number of benzene rings is 2. The van der Waals surface area contributed by atoms with Crippen molar-refractivity contribution >= 4 is 9.84 Å². The van der Waals surface area contributed by atoms with E-state index in [4.69, 9.17) is 0 Å². The summed E-state index contributed by atoms with van der Waals surface area (Å²) in [4.78, 5) is 5.07. The zero-order valence-corrected chi connectivity index (χ0v) is 24.8. The second-order valence-corrected chi connectivity index (χ2v) is 11.8. The molecule has 214 valence electrons. The fraction of sp³-hybridized carbons (Fsp3) is 0.273. The van der Waals surface area contributed by atoms with Crippen molar-refractivity contribution in [3.05, 3.63) is 119 Å². The molecule has 1 aromatic heterocycles. The minimum absolute atomic E-state index is 0.0304. The monoisotopic (exact) mass is 573 g/mol. The van der Waals surface area contributed by atoms with Crippen molar-refractivity contribution in [3.8, 4) is 17.2 Å². The van der Waals surface area contributed by atoms with Gasteiger partial charge in [-0.1, -0.05) is 57.7 Å². The molecule has 1 heterocycles. The van der Waals surface area contributed by atoms with E-state index >= 15 is 0 Å². The van der Waals surface area contributed by atoms with E-state index in [0.29, 0.717) is 40.9 Å². The first kappa shape index (κ1) is 31.3. The lowest BCUT2D eigenvalue weighted by atomic mass is 9.99. The Morgan fingerprint density at radius 1 is 1.12 bits per heavy atom. The van der Waals surface area contributed by atoms with Crippen LogP contribution in [0.3, 0.4) is 0 Å². The summed E-state index contributed by atoms with van der Waals surface area (Å²) in [5.74, 6) is -1.05. The molecular formula is C33H36FN3O3S.